The highest BCUT2D eigenvalue weighted by molar-refractivity contribution is 6.28. The summed E-state index contributed by atoms with van der Waals surface area (Å²) >= 11 is 5.86. The third-order valence-electron chi connectivity index (χ3n) is 2.66. The maximum absolute atomic E-state index is 8.68. The Bertz CT molecular complexity index is 446. The summed E-state index contributed by atoms with van der Waals surface area (Å²) in [4.78, 5) is 10.3. The first-order valence-electron chi connectivity index (χ1n) is 5.45. The maximum Gasteiger partial charge on any atom is 0.224 e. The Hall–Kier alpha value is -1.38. The lowest BCUT2D eigenvalue weighted by Crippen LogP contribution is -2.44. The molecule has 0 unspecified atom stereocenters. The summed E-state index contributed by atoms with van der Waals surface area (Å²) in [5.41, 5.74) is 0.654. The number of rotatable bonds is 2. The predicted octanol–water partition coefficient (Wildman–Crippen LogP) is 1.42. The van der Waals surface area contributed by atoms with Crippen LogP contribution in [-0.2, 0) is 11.2 Å². The second-order valence-electron chi connectivity index (χ2n) is 3.94. The smallest absolute Gasteiger partial charge is 0.224 e. The largest absolute Gasteiger partial charge is 0.377 e. The molecule has 90 valence electrons. The second kappa shape index (κ2) is 5.30. The fraction of sp³-hybridized carbons (Fsp3) is 0.545. The van der Waals surface area contributed by atoms with Crippen LogP contribution >= 0.6 is 11.6 Å². The van der Waals surface area contributed by atoms with E-state index in [1.165, 1.54) is 0 Å². The van der Waals surface area contributed by atoms with Crippen LogP contribution in [0.15, 0.2) is 6.07 Å². The van der Waals surface area contributed by atoms with Gasteiger partial charge in [-0.2, -0.15) is 5.26 Å². The molecule has 1 aromatic heterocycles. The van der Waals surface area contributed by atoms with Gasteiger partial charge in [-0.25, -0.2) is 9.97 Å². The zero-order chi connectivity index (χ0) is 12.3. The van der Waals surface area contributed by atoms with Gasteiger partial charge in [-0.1, -0.05) is 0 Å². The number of hydrogen-bond acceptors (Lipinski definition) is 5. The van der Waals surface area contributed by atoms with Gasteiger partial charge >= 0.3 is 0 Å². The highest BCUT2D eigenvalue weighted by atomic mass is 35.5. The second-order valence-corrected chi connectivity index (χ2v) is 4.28. The van der Waals surface area contributed by atoms with Crippen molar-refractivity contribution >= 4 is 17.4 Å². The van der Waals surface area contributed by atoms with Gasteiger partial charge in [-0.05, 0) is 18.5 Å². The lowest BCUT2D eigenvalue weighted by Gasteiger charge is -2.34. The summed E-state index contributed by atoms with van der Waals surface area (Å²) in [6, 6.07) is 4.13. The summed E-state index contributed by atoms with van der Waals surface area (Å²) < 4.78 is 5.37. The molecule has 17 heavy (non-hydrogen) atoms. The lowest BCUT2D eigenvalue weighted by molar-refractivity contribution is 0.0985. The van der Waals surface area contributed by atoms with Crippen molar-refractivity contribution in [3.05, 3.63) is 17.0 Å². The van der Waals surface area contributed by atoms with E-state index in [1.807, 2.05) is 6.07 Å². The molecule has 6 heteroatoms. The van der Waals surface area contributed by atoms with Crippen LogP contribution in [0.2, 0.25) is 5.28 Å². The third-order valence-corrected chi connectivity index (χ3v) is 2.83. The first-order chi connectivity index (χ1) is 8.20. The number of anilines is 1. The molecule has 5 nitrogen and oxygen atoms in total. The van der Waals surface area contributed by atoms with Gasteiger partial charge in [-0.15, -0.1) is 0 Å². The lowest BCUT2D eigenvalue weighted by atomic mass is 10.2. The summed E-state index contributed by atoms with van der Waals surface area (Å²) in [5, 5.41) is 8.86. The van der Waals surface area contributed by atoms with Crippen molar-refractivity contribution in [1.29, 1.82) is 5.26 Å². The van der Waals surface area contributed by atoms with Gasteiger partial charge in [0.15, 0.2) is 0 Å². The number of ether oxygens (including phenoxy) is 1. The molecule has 0 aliphatic carbocycles. The molecule has 0 spiro atoms. The van der Waals surface area contributed by atoms with Gasteiger partial charge in [0.1, 0.15) is 5.82 Å². The molecular weight excluding hydrogens is 240 g/mol. The number of hydrogen-bond donors (Lipinski definition) is 0. The molecule has 1 fully saturated rings. The van der Waals surface area contributed by atoms with E-state index in [2.05, 4.69) is 27.9 Å². The predicted molar refractivity (Wildman–Crippen MR) is 64.0 cm³/mol. The molecule has 0 N–H and O–H groups in total. The fourth-order valence-electron chi connectivity index (χ4n) is 1.84. The minimum absolute atomic E-state index is 0.187. The van der Waals surface area contributed by atoms with Crippen molar-refractivity contribution in [2.45, 2.75) is 19.4 Å². The van der Waals surface area contributed by atoms with Crippen LogP contribution in [0, 0.1) is 11.3 Å². The number of morpholine rings is 1. The number of nitrogens with zero attached hydrogens (tertiary/aromatic N) is 4. The Morgan fingerprint density at radius 1 is 1.65 bits per heavy atom. The van der Waals surface area contributed by atoms with E-state index in [-0.39, 0.29) is 17.7 Å². The highest BCUT2D eigenvalue weighted by Gasteiger charge is 2.21. The van der Waals surface area contributed by atoms with Crippen molar-refractivity contribution in [3.63, 3.8) is 0 Å². The quantitative estimate of drug-likeness (QED) is 0.745. The maximum atomic E-state index is 8.68. The Balaban J connectivity index is 2.27. The molecule has 0 bridgehead atoms. The van der Waals surface area contributed by atoms with Crippen LogP contribution in [0.5, 0.6) is 0 Å². The van der Waals surface area contributed by atoms with Gasteiger partial charge in [0.2, 0.25) is 5.28 Å². The minimum atomic E-state index is 0.187. The third kappa shape index (κ3) is 2.84. The molecule has 0 saturated carbocycles. The SMILES string of the molecule is C[C@@H]1COCCN1c1cc(CC#N)nc(Cl)n1. The molecular formula is C11H13ClN4O. The number of aromatic nitrogens is 2. The number of halogens is 1. The Morgan fingerprint density at radius 3 is 3.18 bits per heavy atom. The topological polar surface area (TPSA) is 62.0 Å². The van der Waals surface area contributed by atoms with Crippen LogP contribution in [0.3, 0.4) is 0 Å². The van der Waals surface area contributed by atoms with Gasteiger partial charge in [0.25, 0.3) is 0 Å². The zero-order valence-electron chi connectivity index (χ0n) is 9.56. The van der Waals surface area contributed by atoms with Crippen molar-refractivity contribution in [2.24, 2.45) is 0 Å². The van der Waals surface area contributed by atoms with E-state index in [0.717, 1.165) is 12.4 Å². The van der Waals surface area contributed by atoms with Gasteiger partial charge in [0.05, 0.1) is 37.4 Å². The molecule has 2 heterocycles. The van der Waals surface area contributed by atoms with Gasteiger partial charge in [0, 0.05) is 12.6 Å². The van der Waals surface area contributed by atoms with Crippen LogP contribution in [0.25, 0.3) is 0 Å². The van der Waals surface area contributed by atoms with E-state index in [0.29, 0.717) is 18.9 Å². The van der Waals surface area contributed by atoms with E-state index in [9.17, 15) is 0 Å². The summed E-state index contributed by atoms with van der Waals surface area (Å²) in [6.45, 7) is 4.20. The summed E-state index contributed by atoms with van der Waals surface area (Å²) in [7, 11) is 0. The molecule has 2 rings (SSSR count). The normalized spacial score (nSPS) is 20.1. The van der Waals surface area contributed by atoms with Crippen LogP contribution in [0.4, 0.5) is 5.82 Å². The molecule has 0 radical (unpaired) electrons. The van der Waals surface area contributed by atoms with Crippen molar-refractivity contribution < 1.29 is 4.74 Å². The standard InChI is InChI=1S/C11H13ClN4O/c1-8-7-17-5-4-16(8)10-6-9(2-3-13)14-11(12)15-10/h6,8H,2,4-5,7H2,1H3/t8-/m1/s1. The fourth-order valence-corrected chi connectivity index (χ4v) is 2.03. The molecule has 0 amide bonds. The summed E-state index contributed by atoms with van der Waals surface area (Å²) in [6.07, 6.45) is 0.244. The monoisotopic (exact) mass is 252 g/mol. The van der Waals surface area contributed by atoms with Crippen LogP contribution in [0.1, 0.15) is 12.6 Å². The van der Waals surface area contributed by atoms with Crippen LogP contribution < -0.4 is 4.90 Å². The molecule has 1 saturated heterocycles. The van der Waals surface area contributed by atoms with Crippen molar-refractivity contribution in [1.82, 2.24) is 9.97 Å². The Morgan fingerprint density at radius 2 is 2.47 bits per heavy atom. The molecule has 1 aromatic rings. The van der Waals surface area contributed by atoms with E-state index in [1.54, 1.807) is 0 Å². The van der Waals surface area contributed by atoms with E-state index >= 15 is 0 Å². The van der Waals surface area contributed by atoms with Crippen molar-refractivity contribution in [3.8, 4) is 6.07 Å². The van der Waals surface area contributed by atoms with Crippen LogP contribution in [-0.4, -0.2) is 35.8 Å². The van der Waals surface area contributed by atoms with Crippen molar-refractivity contribution in [2.75, 3.05) is 24.7 Å². The molecule has 1 aliphatic heterocycles. The Kier molecular flexibility index (Phi) is 3.77. The number of nitriles is 1. The molecule has 1 atom stereocenters. The average molecular weight is 253 g/mol. The van der Waals surface area contributed by atoms with Gasteiger partial charge < -0.3 is 9.64 Å². The highest BCUT2D eigenvalue weighted by Crippen LogP contribution is 2.20. The van der Waals surface area contributed by atoms with E-state index in [4.69, 9.17) is 21.6 Å². The first kappa shape index (κ1) is 12.1. The molecule has 0 aromatic carbocycles. The zero-order valence-corrected chi connectivity index (χ0v) is 10.3. The first-order valence-corrected chi connectivity index (χ1v) is 5.83. The Labute approximate surface area is 105 Å². The average Bonchev–Trinajstić information content (AvgIpc) is 2.29. The molecule has 1 aliphatic rings. The minimum Gasteiger partial charge on any atom is -0.377 e. The van der Waals surface area contributed by atoms with E-state index < -0.39 is 0 Å². The van der Waals surface area contributed by atoms with Gasteiger partial charge in [-0.3, -0.25) is 0 Å². The summed E-state index contributed by atoms with van der Waals surface area (Å²) in [5.74, 6) is 0.769.